The molecule has 0 saturated carbocycles. The molecule has 7 heteroatoms. The number of piperazine rings is 1. The van der Waals surface area contributed by atoms with Gasteiger partial charge in [0.15, 0.2) is 0 Å². The van der Waals surface area contributed by atoms with Crippen LogP contribution in [0.3, 0.4) is 0 Å². The number of hydrogen-bond acceptors (Lipinski definition) is 4. The maximum atomic E-state index is 13.5. The van der Waals surface area contributed by atoms with Gasteiger partial charge in [-0.15, -0.1) is 0 Å². The molecule has 6 nitrogen and oxygen atoms in total. The van der Waals surface area contributed by atoms with E-state index in [-0.39, 0.29) is 17.2 Å². The lowest BCUT2D eigenvalue weighted by Gasteiger charge is -2.26. The van der Waals surface area contributed by atoms with Crippen LogP contribution in [-0.2, 0) is 4.79 Å². The molecule has 1 aliphatic rings. The van der Waals surface area contributed by atoms with E-state index < -0.39 is 11.7 Å². The summed E-state index contributed by atoms with van der Waals surface area (Å²) in [5.74, 6) is -1.46. The van der Waals surface area contributed by atoms with Crippen molar-refractivity contribution in [3.05, 3.63) is 29.6 Å². The van der Waals surface area contributed by atoms with Crippen LogP contribution in [0.1, 0.15) is 16.8 Å². The molecule has 2 rings (SSSR count). The van der Waals surface area contributed by atoms with Gasteiger partial charge in [-0.2, -0.15) is 0 Å². The molecule has 0 aliphatic carbocycles. The van der Waals surface area contributed by atoms with E-state index in [1.165, 1.54) is 12.1 Å². The predicted molar refractivity (Wildman–Crippen MR) is 74.5 cm³/mol. The molecule has 1 fully saturated rings. The van der Waals surface area contributed by atoms with Crippen molar-refractivity contribution in [1.82, 2.24) is 15.5 Å². The third-order valence-electron chi connectivity index (χ3n) is 3.25. The Labute approximate surface area is 121 Å². The molecule has 1 heterocycles. The molecule has 3 N–H and O–H groups in total. The average molecular weight is 295 g/mol. The number of rotatable bonds is 5. The lowest BCUT2D eigenvalue weighted by atomic mass is 10.2. The first kappa shape index (κ1) is 15.2. The molecule has 0 bridgehead atoms. The van der Waals surface area contributed by atoms with Gasteiger partial charge in [0.2, 0.25) is 5.91 Å². The van der Waals surface area contributed by atoms with E-state index in [1.807, 2.05) is 4.90 Å². The normalized spacial score (nSPS) is 15.6. The fourth-order valence-corrected chi connectivity index (χ4v) is 2.17. The van der Waals surface area contributed by atoms with E-state index in [4.69, 9.17) is 5.11 Å². The van der Waals surface area contributed by atoms with Crippen molar-refractivity contribution >= 4 is 11.8 Å². The lowest BCUT2D eigenvalue weighted by Crippen LogP contribution is -2.48. The largest absolute Gasteiger partial charge is 0.508 e. The molecule has 2 amide bonds. The fourth-order valence-electron chi connectivity index (χ4n) is 2.17. The topological polar surface area (TPSA) is 81.7 Å². The zero-order valence-electron chi connectivity index (χ0n) is 11.6. The first-order valence-electron chi connectivity index (χ1n) is 6.82. The quantitative estimate of drug-likeness (QED) is 0.672. The van der Waals surface area contributed by atoms with E-state index in [2.05, 4.69) is 10.6 Å². The van der Waals surface area contributed by atoms with Crippen molar-refractivity contribution in [2.75, 3.05) is 32.7 Å². The molecular formula is C14H18FN3O3. The predicted octanol–water partition coefficient (Wildman–Crippen LogP) is 0.0830. The summed E-state index contributed by atoms with van der Waals surface area (Å²) < 4.78 is 13.5. The van der Waals surface area contributed by atoms with Crippen LogP contribution in [0.2, 0.25) is 0 Å². The third kappa shape index (κ3) is 4.42. The number of hydrogen-bond donors (Lipinski definition) is 3. The molecule has 1 aromatic rings. The second-order valence-electron chi connectivity index (χ2n) is 4.90. The summed E-state index contributed by atoms with van der Waals surface area (Å²) >= 11 is 0. The highest BCUT2D eigenvalue weighted by atomic mass is 19.1. The zero-order valence-corrected chi connectivity index (χ0v) is 11.6. The highest BCUT2D eigenvalue weighted by Crippen LogP contribution is 2.14. The van der Waals surface area contributed by atoms with Crippen LogP contribution < -0.4 is 10.6 Å². The van der Waals surface area contributed by atoms with Crippen LogP contribution in [-0.4, -0.2) is 54.5 Å². The highest BCUT2D eigenvalue weighted by Gasteiger charge is 2.15. The first-order chi connectivity index (χ1) is 10.1. The smallest absolute Gasteiger partial charge is 0.254 e. The third-order valence-corrected chi connectivity index (χ3v) is 3.25. The molecule has 0 unspecified atom stereocenters. The van der Waals surface area contributed by atoms with Crippen LogP contribution in [0, 0.1) is 5.82 Å². The Balaban J connectivity index is 1.73. The second kappa shape index (κ2) is 7.03. The van der Waals surface area contributed by atoms with Crippen molar-refractivity contribution in [3.8, 4) is 5.75 Å². The summed E-state index contributed by atoms with van der Waals surface area (Å²) in [6.45, 7) is 2.92. The Morgan fingerprint density at radius 2 is 2.29 bits per heavy atom. The van der Waals surface area contributed by atoms with E-state index in [0.29, 0.717) is 32.6 Å². The number of carbonyl (C=O) groups excluding carboxylic acids is 2. The Hall–Kier alpha value is -2.15. The van der Waals surface area contributed by atoms with Gasteiger partial charge in [0.25, 0.3) is 5.91 Å². The molecule has 0 radical (unpaired) electrons. The van der Waals surface area contributed by atoms with Crippen molar-refractivity contribution in [1.29, 1.82) is 0 Å². The standard InChI is InChI=1S/C14H18FN3O3/c15-12-8-10(19)2-3-11(12)14(21)17-4-1-6-18-7-5-16-13(20)9-18/h2-3,8,19H,1,4-7,9H2,(H,16,20)(H,17,21). The maximum absolute atomic E-state index is 13.5. The molecule has 0 atom stereocenters. The van der Waals surface area contributed by atoms with Crippen molar-refractivity contribution in [2.45, 2.75) is 6.42 Å². The monoisotopic (exact) mass is 295 g/mol. The molecule has 114 valence electrons. The lowest BCUT2D eigenvalue weighted by molar-refractivity contribution is -0.124. The maximum Gasteiger partial charge on any atom is 0.254 e. The van der Waals surface area contributed by atoms with Gasteiger partial charge in [-0.25, -0.2) is 4.39 Å². The Kier molecular flexibility index (Phi) is 5.10. The summed E-state index contributed by atoms with van der Waals surface area (Å²) in [4.78, 5) is 25.0. The summed E-state index contributed by atoms with van der Waals surface area (Å²) in [6, 6.07) is 3.42. The molecule has 0 aromatic heterocycles. The van der Waals surface area contributed by atoms with Gasteiger partial charge in [-0.05, 0) is 18.6 Å². The van der Waals surface area contributed by atoms with Crippen LogP contribution in [0.25, 0.3) is 0 Å². The van der Waals surface area contributed by atoms with Crippen LogP contribution in [0.5, 0.6) is 5.75 Å². The first-order valence-corrected chi connectivity index (χ1v) is 6.82. The minimum atomic E-state index is -0.750. The van der Waals surface area contributed by atoms with Crippen LogP contribution in [0.4, 0.5) is 4.39 Å². The van der Waals surface area contributed by atoms with Crippen molar-refractivity contribution in [3.63, 3.8) is 0 Å². The molecule has 1 aromatic carbocycles. The van der Waals surface area contributed by atoms with Gasteiger partial charge >= 0.3 is 0 Å². The number of carbonyl (C=O) groups is 2. The highest BCUT2D eigenvalue weighted by molar-refractivity contribution is 5.94. The zero-order chi connectivity index (χ0) is 15.2. The number of phenols is 1. The SMILES string of the molecule is O=C1CN(CCCNC(=O)c2ccc(O)cc2F)CCN1. The molecule has 21 heavy (non-hydrogen) atoms. The Morgan fingerprint density at radius 3 is 3.00 bits per heavy atom. The number of aromatic hydroxyl groups is 1. The Bertz CT molecular complexity index is 536. The van der Waals surface area contributed by atoms with Gasteiger partial charge in [0, 0.05) is 32.2 Å². The second-order valence-corrected chi connectivity index (χ2v) is 4.90. The van der Waals surface area contributed by atoms with Crippen molar-refractivity contribution < 1.29 is 19.1 Å². The van der Waals surface area contributed by atoms with E-state index >= 15 is 0 Å². The number of amides is 2. The van der Waals surface area contributed by atoms with E-state index in [0.717, 1.165) is 12.6 Å². The number of benzene rings is 1. The molecule has 1 aliphatic heterocycles. The van der Waals surface area contributed by atoms with Crippen LogP contribution in [0.15, 0.2) is 18.2 Å². The van der Waals surface area contributed by atoms with E-state index in [9.17, 15) is 14.0 Å². The molecule has 1 saturated heterocycles. The summed E-state index contributed by atoms with van der Waals surface area (Å²) in [7, 11) is 0. The van der Waals surface area contributed by atoms with Gasteiger partial charge in [-0.3, -0.25) is 14.5 Å². The van der Waals surface area contributed by atoms with Crippen molar-refractivity contribution in [2.24, 2.45) is 0 Å². The minimum Gasteiger partial charge on any atom is -0.508 e. The summed E-state index contributed by atoms with van der Waals surface area (Å²) in [5.41, 5.74) is -0.0925. The van der Waals surface area contributed by atoms with Crippen LogP contribution >= 0.6 is 0 Å². The van der Waals surface area contributed by atoms with Gasteiger partial charge in [0.05, 0.1) is 12.1 Å². The fraction of sp³-hybridized carbons (Fsp3) is 0.429. The van der Waals surface area contributed by atoms with Gasteiger partial charge < -0.3 is 15.7 Å². The summed E-state index contributed by atoms with van der Waals surface area (Å²) in [5, 5.41) is 14.5. The number of phenolic OH excluding ortho intramolecular Hbond substituents is 1. The molecular weight excluding hydrogens is 277 g/mol. The number of halogens is 1. The average Bonchev–Trinajstić information content (AvgIpc) is 2.43. The van der Waals surface area contributed by atoms with E-state index in [1.54, 1.807) is 0 Å². The summed E-state index contributed by atoms with van der Waals surface area (Å²) in [6.07, 6.45) is 0.679. The van der Waals surface area contributed by atoms with Gasteiger partial charge in [-0.1, -0.05) is 0 Å². The minimum absolute atomic E-state index is 0.0106. The van der Waals surface area contributed by atoms with Gasteiger partial charge in [0.1, 0.15) is 11.6 Å². The Morgan fingerprint density at radius 1 is 1.48 bits per heavy atom. The number of nitrogens with zero attached hydrogens (tertiary/aromatic N) is 1. The number of nitrogens with one attached hydrogen (secondary N) is 2. The molecule has 0 spiro atoms.